The number of aliphatic hydroxyl groups excluding tert-OH is 2. The van der Waals surface area contributed by atoms with Gasteiger partial charge in [0.05, 0.1) is 26.0 Å². The summed E-state index contributed by atoms with van der Waals surface area (Å²) in [7, 11) is 1.53. The second-order valence-corrected chi connectivity index (χ2v) is 5.02. The van der Waals surface area contributed by atoms with Crippen LogP contribution in [-0.2, 0) is 6.54 Å². The number of benzene rings is 1. The zero-order valence-electron chi connectivity index (χ0n) is 12.6. The van der Waals surface area contributed by atoms with Crippen molar-refractivity contribution < 1.29 is 19.7 Å². The summed E-state index contributed by atoms with van der Waals surface area (Å²) in [6.45, 7) is 0.0682. The Morgan fingerprint density at radius 1 is 1.26 bits per heavy atom. The van der Waals surface area contributed by atoms with Gasteiger partial charge in [-0.05, 0) is 30.4 Å². The number of aliphatic hydroxyl groups is 2. The van der Waals surface area contributed by atoms with Gasteiger partial charge in [-0.3, -0.25) is 9.78 Å². The van der Waals surface area contributed by atoms with E-state index in [1.165, 1.54) is 13.2 Å². The highest BCUT2D eigenvalue weighted by Gasteiger charge is 2.13. The number of methoxy groups -OCH3 is 1. The molecule has 0 saturated heterocycles. The second kappa shape index (κ2) is 7.91. The zero-order valence-corrected chi connectivity index (χ0v) is 13.4. The van der Waals surface area contributed by atoms with Gasteiger partial charge in [0.1, 0.15) is 18.1 Å². The van der Waals surface area contributed by atoms with Gasteiger partial charge in [-0.2, -0.15) is 0 Å². The number of hydrogen-bond donors (Lipinski definition) is 3. The maximum atomic E-state index is 11.8. The largest absolute Gasteiger partial charge is 0.497 e. The van der Waals surface area contributed by atoms with Crippen molar-refractivity contribution in [1.29, 1.82) is 0 Å². The summed E-state index contributed by atoms with van der Waals surface area (Å²) in [5, 5.41) is 18.2. The first-order valence-electron chi connectivity index (χ1n) is 6.97. The lowest BCUT2D eigenvalue weighted by molar-refractivity contribution is 0.201. The van der Waals surface area contributed by atoms with E-state index in [2.05, 4.69) is 4.98 Å². The Bertz CT molecular complexity index is 784. The minimum absolute atomic E-state index is 0.114. The highest BCUT2D eigenvalue weighted by atomic mass is 32.1. The van der Waals surface area contributed by atoms with E-state index in [0.717, 1.165) is 0 Å². The molecule has 0 fully saturated rings. The van der Waals surface area contributed by atoms with E-state index >= 15 is 0 Å². The summed E-state index contributed by atoms with van der Waals surface area (Å²) in [6.07, 6.45) is 0. The average molecular weight is 338 g/mol. The Kier molecular flexibility index (Phi) is 5.91. The molecule has 8 heteroatoms. The molecular formula is C15H18N2O5S. The van der Waals surface area contributed by atoms with E-state index in [0.29, 0.717) is 22.8 Å². The first kappa shape index (κ1) is 17.2. The molecular weight excluding hydrogens is 320 g/mol. The maximum Gasteiger partial charge on any atom is 0.252 e. The Morgan fingerprint density at radius 3 is 2.70 bits per heavy atom. The molecule has 0 amide bonds. The molecule has 3 N–H and O–H groups in total. The van der Waals surface area contributed by atoms with Crippen LogP contribution in [0.3, 0.4) is 0 Å². The lowest BCUT2D eigenvalue weighted by atomic mass is 10.1. The number of H-pyrrole nitrogens is 1. The first-order chi connectivity index (χ1) is 11.1. The van der Waals surface area contributed by atoms with Gasteiger partial charge in [-0.15, -0.1) is 0 Å². The number of nitrogens with zero attached hydrogens (tertiary/aromatic N) is 1. The number of nitrogens with one attached hydrogen (secondary N) is 1. The van der Waals surface area contributed by atoms with Gasteiger partial charge >= 0.3 is 0 Å². The van der Waals surface area contributed by atoms with E-state index in [1.807, 2.05) is 0 Å². The van der Waals surface area contributed by atoms with Crippen molar-refractivity contribution in [3.05, 3.63) is 39.4 Å². The second-order valence-electron chi connectivity index (χ2n) is 4.63. The molecule has 2 rings (SSSR count). The lowest BCUT2D eigenvalue weighted by Gasteiger charge is -2.17. The fraction of sp³-hybridized carbons (Fsp3) is 0.333. The van der Waals surface area contributed by atoms with Crippen molar-refractivity contribution in [2.75, 3.05) is 26.9 Å². The maximum absolute atomic E-state index is 11.8. The van der Waals surface area contributed by atoms with Gasteiger partial charge in [0.15, 0.2) is 4.77 Å². The van der Waals surface area contributed by atoms with Gasteiger partial charge < -0.3 is 24.3 Å². The summed E-state index contributed by atoms with van der Waals surface area (Å²) < 4.78 is 12.6. The molecule has 1 aromatic heterocycles. The van der Waals surface area contributed by atoms with Crippen LogP contribution in [0.25, 0.3) is 11.3 Å². The molecule has 0 atom stereocenters. The quantitative estimate of drug-likeness (QED) is 0.650. The fourth-order valence-corrected chi connectivity index (χ4v) is 2.47. The summed E-state index contributed by atoms with van der Waals surface area (Å²) in [5.41, 5.74) is 0.734. The number of hydrogen-bond acceptors (Lipinski definition) is 6. The SMILES string of the molecule is COc1ccc(OCCO)c(-c2cc(=O)[nH]c(=S)n2CCO)c1. The van der Waals surface area contributed by atoms with E-state index in [-0.39, 0.29) is 36.7 Å². The van der Waals surface area contributed by atoms with Crippen LogP contribution in [0.4, 0.5) is 0 Å². The van der Waals surface area contributed by atoms with E-state index < -0.39 is 0 Å². The minimum Gasteiger partial charge on any atom is -0.497 e. The predicted molar refractivity (Wildman–Crippen MR) is 87.5 cm³/mol. The number of ether oxygens (including phenoxy) is 2. The number of aromatic amines is 1. The van der Waals surface area contributed by atoms with Crippen molar-refractivity contribution in [3.8, 4) is 22.8 Å². The normalized spacial score (nSPS) is 10.6. The monoisotopic (exact) mass is 338 g/mol. The highest BCUT2D eigenvalue weighted by Crippen LogP contribution is 2.33. The van der Waals surface area contributed by atoms with Crippen LogP contribution in [0.2, 0.25) is 0 Å². The van der Waals surface area contributed by atoms with Crippen molar-refractivity contribution in [2.45, 2.75) is 6.54 Å². The first-order valence-corrected chi connectivity index (χ1v) is 7.38. The van der Waals surface area contributed by atoms with Crippen molar-refractivity contribution in [2.24, 2.45) is 0 Å². The molecule has 0 bridgehead atoms. The fourth-order valence-electron chi connectivity index (χ4n) is 2.18. The summed E-state index contributed by atoms with van der Waals surface area (Å²) in [4.78, 5) is 14.3. The van der Waals surface area contributed by atoms with Crippen LogP contribution < -0.4 is 15.0 Å². The molecule has 23 heavy (non-hydrogen) atoms. The molecule has 1 aromatic carbocycles. The zero-order chi connectivity index (χ0) is 16.8. The Labute approximate surface area is 137 Å². The summed E-state index contributed by atoms with van der Waals surface area (Å²) in [6, 6.07) is 6.50. The smallest absolute Gasteiger partial charge is 0.252 e. The molecule has 0 radical (unpaired) electrons. The summed E-state index contributed by atoms with van der Waals surface area (Å²) >= 11 is 5.17. The van der Waals surface area contributed by atoms with Crippen molar-refractivity contribution >= 4 is 12.2 Å². The topological polar surface area (TPSA) is 96.7 Å². The standard InChI is InChI=1S/C15H18N2O5S/c1-21-10-2-3-13(22-7-6-19)11(8-10)12-9-14(20)16-15(23)17(12)4-5-18/h2-3,8-9,18-19H,4-7H2,1H3,(H,16,20,23). The van der Waals surface area contributed by atoms with Crippen molar-refractivity contribution in [3.63, 3.8) is 0 Å². The molecule has 0 saturated carbocycles. The van der Waals surface area contributed by atoms with Gasteiger partial charge in [-0.25, -0.2) is 0 Å². The third kappa shape index (κ3) is 3.98. The van der Waals surface area contributed by atoms with E-state index in [4.69, 9.17) is 26.8 Å². The van der Waals surface area contributed by atoms with Gasteiger partial charge in [0, 0.05) is 18.2 Å². The lowest BCUT2D eigenvalue weighted by Crippen LogP contribution is -2.17. The van der Waals surface area contributed by atoms with E-state index in [1.54, 1.807) is 22.8 Å². The molecule has 7 nitrogen and oxygen atoms in total. The Balaban J connectivity index is 2.68. The van der Waals surface area contributed by atoms with Gasteiger partial charge in [-0.1, -0.05) is 0 Å². The van der Waals surface area contributed by atoms with Crippen molar-refractivity contribution in [1.82, 2.24) is 9.55 Å². The van der Waals surface area contributed by atoms with Crippen LogP contribution in [0.5, 0.6) is 11.5 Å². The van der Waals surface area contributed by atoms with E-state index in [9.17, 15) is 9.90 Å². The van der Waals surface area contributed by atoms with Crippen LogP contribution in [-0.4, -0.2) is 46.7 Å². The third-order valence-corrected chi connectivity index (χ3v) is 3.49. The average Bonchev–Trinajstić information content (AvgIpc) is 2.55. The minimum atomic E-state index is -0.352. The summed E-state index contributed by atoms with van der Waals surface area (Å²) in [5.74, 6) is 1.06. The van der Waals surface area contributed by atoms with Crippen LogP contribution >= 0.6 is 12.2 Å². The number of rotatable bonds is 7. The van der Waals surface area contributed by atoms with Gasteiger partial charge in [0.2, 0.25) is 0 Å². The van der Waals surface area contributed by atoms with Gasteiger partial charge in [0.25, 0.3) is 5.56 Å². The number of aromatic nitrogens is 2. The molecule has 0 unspecified atom stereocenters. The molecule has 0 aliphatic carbocycles. The molecule has 2 aromatic rings. The Morgan fingerprint density at radius 2 is 2.04 bits per heavy atom. The Hall–Kier alpha value is -2.16. The molecule has 0 aliphatic heterocycles. The molecule has 0 aliphatic rings. The van der Waals surface area contributed by atoms with Crippen LogP contribution in [0.1, 0.15) is 0 Å². The van der Waals surface area contributed by atoms with Crippen LogP contribution in [0.15, 0.2) is 29.1 Å². The highest BCUT2D eigenvalue weighted by molar-refractivity contribution is 7.71. The third-order valence-electron chi connectivity index (χ3n) is 3.17. The predicted octanol–water partition coefficient (Wildman–Crippen LogP) is 0.945. The molecule has 1 heterocycles. The van der Waals surface area contributed by atoms with Crippen LogP contribution in [0, 0.1) is 4.77 Å². The molecule has 0 spiro atoms. The molecule has 124 valence electrons.